The Balaban J connectivity index is 1.93. The minimum Gasteiger partial charge on any atom is -0.384 e. The molecule has 3 nitrogen and oxygen atoms in total. The van der Waals surface area contributed by atoms with Gasteiger partial charge in [-0.25, -0.2) is 4.39 Å². The van der Waals surface area contributed by atoms with Crippen molar-refractivity contribution in [1.82, 2.24) is 5.32 Å². The van der Waals surface area contributed by atoms with Crippen LogP contribution in [0.4, 0.5) is 4.39 Å². The third-order valence-electron chi connectivity index (χ3n) is 3.86. The van der Waals surface area contributed by atoms with Crippen LogP contribution in [0.1, 0.15) is 30.5 Å². The van der Waals surface area contributed by atoms with Crippen LogP contribution in [0.5, 0.6) is 0 Å². The molecule has 2 N–H and O–H groups in total. The maximum absolute atomic E-state index is 12.9. The molecule has 0 spiro atoms. The Hall–Kier alpha value is -2.20. The molecule has 0 saturated heterocycles. The fourth-order valence-corrected chi connectivity index (χ4v) is 2.39. The molecule has 1 unspecified atom stereocenters. The number of rotatable bonds is 6. The van der Waals surface area contributed by atoms with Crippen molar-refractivity contribution in [2.24, 2.45) is 0 Å². The smallest absolute Gasteiger partial charge is 0.224 e. The molecule has 2 rings (SSSR count). The standard InChI is InChI=1S/C19H22FNO2/c1-3-14-5-4-6-15(11-14)12-18(22)21-13-19(2,23)16-7-9-17(20)10-8-16/h4-11,23H,3,12-13H2,1-2H3,(H,21,22). The van der Waals surface area contributed by atoms with Gasteiger partial charge in [0, 0.05) is 0 Å². The molecule has 2 aromatic rings. The molecule has 0 radical (unpaired) electrons. The van der Waals surface area contributed by atoms with E-state index in [4.69, 9.17) is 0 Å². The number of carbonyl (C=O) groups is 1. The fraction of sp³-hybridized carbons (Fsp3) is 0.316. The van der Waals surface area contributed by atoms with Crippen molar-refractivity contribution in [1.29, 1.82) is 0 Å². The maximum atomic E-state index is 12.9. The summed E-state index contributed by atoms with van der Waals surface area (Å²) in [4.78, 5) is 12.1. The maximum Gasteiger partial charge on any atom is 0.224 e. The van der Waals surface area contributed by atoms with Crippen molar-refractivity contribution in [3.63, 3.8) is 0 Å². The van der Waals surface area contributed by atoms with Gasteiger partial charge in [-0.15, -0.1) is 0 Å². The molecule has 0 aliphatic carbocycles. The SMILES string of the molecule is CCc1cccc(CC(=O)NCC(C)(O)c2ccc(F)cc2)c1. The number of hydrogen-bond donors (Lipinski definition) is 2. The molecule has 0 fully saturated rings. The van der Waals surface area contributed by atoms with Gasteiger partial charge in [-0.2, -0.15) is 0 Å². The van der Waals surface area contributed by atoms with Crippen molar-refractivity contribution in [2.75, 3.05) is 6.54 Å². The molecule has 0 saturated carbocycles. The molecular formula is C19H22FNO2. The second kappa shape index (κ2) is 7.38. The third-order valence-corrected chi connectivity index (χ3v) is 3.86. The van der Waals surface area contributed by atoms with Gasteiger partial charge in [0.05, 0.1) is 13.0 Å². The fourth-order valence-electron chi connectivity index (χ4n) is 2.39. The number of carbonyl (C=O) groups excluding carboxylic acids is 1. The van der Waals surface area contributed by atoms with Gasteiger partial charge in [-0.3, -0.25) is 4.79 Å². The molecule has 0 aromatic heterocycles. The summed E-state index contributed by atoms with van der Waals surface area (Å²) in [6, 6.07) is 13.5. The van der Waals surface area contributed by atoms with E-state index < -0.39 is 5.60 Å². The molecule has 2 aromatic carbocycles. The van der Waals surface area contributed by atoms with Crippen molar-refractivity contribution in [2.45, 2.75) is 32.3 Å². The summed E-state index contributed by atoms with van der Waals surface area (Å²) in [7, 11) is 0. The summed E-state index contributed by atoms with van der Waals surface area (Å²) >= 11 is 0. The highest BCUT2D eigenvalue weighted by Gasteiger charge is 2.23. The highest BCUT2D eigenvalue weighted by Crippen LogP contribution is 2.20. The Morgan fingerprint density at radius 2 is 1.83 bits per heavy atom. The first-order valence-corrected chi connectivity index (χ1v) is 7.73. The number of halogens is 1. The molecule has 23 heavy (non-hydrogen) atoms. The highest BCUT2D eigenvalue weighted by atomic mass is 19.1. The minimum absolute atomic E-state index is 0.0743. The Morgan fingerprint density at radius 3 is 2.48 bits per heavy atom. The predicted octanol–water partition coefficient (Wildman–Crippen LogP) is 2.95. The lowest BCUT2D eigenvalue weighted by molar-refractivity contribution is -0.121. The first-order chi connectivity index (χ1) is 10.9. The number of benzene rings is 2. The Kier molecular flexibility index (Phi) is 5.50. The molecule has 4 heteroatoms. The topological polar surface area (TPSA) is 49.3 Å². The lowest BCUT2D eigenvalue weighted by Crippen LogP contribution is -2.39. The zero-order valence-corrected chi connectivity index (χ0v) is 13.5. The summed E-state index contributed by atoms with van der Waals surface area (Å²) in [5, 5.41) is 13.2. The van der Waals surface area contributed by atoms with E-state index in [1.165, 1.54) is 29.8 Å². The van der Waals surface area contributed by atoms with Gasteiger partial charge in [0.25, 0.3) is 0 Å². The van der Waals surface area contributed by atoms with E-state index >= 15 is 0 Å². The minimum atomic E-state index is -1.24. The van der Waals surface area contributed by atoms with Crippen LogP contribution in [-0.4, -0.2) is 17.6 Å². The molecular weight excluding hydrogens is 293 g/mol. The lowest BCUT2D eigenvalue weighted by atomic mass is 9.96. The van der Waals surface area contributed by atoms with Crippen molar-refractivity contribution in [3.05, 3.63) is 71.0 Å². The zero-order valence-electron chi connectivity index (χ0n) is 13.5. The van der Waals surface area contributed by atoms with E-state index in [9.17, 15) is 14.3 Å². The number of aryl methyl sites for hydroxylation is 1. The Bertz CT molecular complexity index is 665. The highest BCUT2D eigenvalue weighted by molar-refractivity contribution is 5.78. The van der Waals surface area contributed by atoms with Crippen LogP contribution in [0.15, 0.2) is 48.5 Å². The normalized spacial score (nSPS) is 13.4. The quantitative estimate of drug-likeness (QED) is 0.861. The summed E-state index contributed by atoms with van der Waals surface area (Å²) in [6.45, 7) is 3.74. The molecule has 0 bridgehead atoms. The average molecular weight is 315 g/mol. The molecule has 0 aliphatic heterocycles. The Labute approximate surface area is 136 Å². The van der Waals surface area contributed by atoms with E-state index in [0.717, 1.165) is 12.0 Å². The van der Waals surface area contributed by atoms with Gasteiger partial charge in [-0.05, 0) is 42.2 Å². The molecule has 0 aliphatic rings. The predicted molar refractivity (Wildman–Crippen MR) is 88.5 cm³/mol. The van der Waals surface area contributed by atoms with E-state index in [1.807, 2.05) is 24.3 Å². The summed E-state index contributed by atoms with van der Waals surface area (Å²) in [5.41, 5.74) is 1.46. The second-order valence-electron chi connectivity index (χ2n) is 5.91. The van der Waals surface area contributed by atoms with Crippen LogP contribution in [0.25, 0.3) is 0 Å². The van der Waals surface area contributed by atoms with Crippen LogP contribution >= 0.6 is 0 Å². The average Bonchev–Trinajstić information content (AvgIpc) is 2.54. The number of nitrogens with one attached hydrogen (secondary N) is 1. The van der Waals surface area contributed by atoms with E-state index in [2.05, 4.69) is 12.2 Å². The summed E-state index contributed by atoms with van der Waals surface area (Å²) in [5.74, 6) is -0.509. The molecule has 1 atom stereocenters. The summed E-state index contributed by atoms with van der Waals surface area (Å²) < 4.78 is 12.9. The van der Waals surface area contributed by atoms with E-state index in [0.29, 0.717) is 5.56 Å². The Morgan fingerprint density at radius 1 is 1.17 bits per heavy atom. The van der Waals surface area contributed by atoms with Gasteiger partial charge in [0.1, 0.15) is 11.4 Å². The van der Waals surface area contributed by atoms with E-state index in [-0.39, 0.29) is 24.7 Å². The van der Waals surface area contributed by atoms with Crippen LogP contribution in [0, 0.1) is 5.82 Å². The van der Waals surface area contributed by atoms with Crippen LogP contribution in [0.2, 0.25) is 0 Å². The van der Waals surface area contributed by atoms with Crippen molar-refractivity contribution in [3.8, 4) is 0 Å². The van der Waals surface area contributed by atoms with Crippen molar-refractivity contribution < 1.29 is 14.3 Å². The second-order valence-corrected chi connectivity index (χ2v) is 5.91. The zero-order chi connectivity index (χ0) is 16.9. The number of aliphatic hydroxyl groups is 1. The first kappa shape index (κ1) is 17.2. The monoisotopic (exact) mass is 315 g/mol. The van der Waals surface area contributed by atoms with Crippen LogP contribution in [-0.2, 0) is 23.2 Å². The third kappa shape index (κ3) is 4.89. The molecule has 1 amide bonds. The van der Waals surface area contributed by atoms with Crippen LogP contribution < -0.4 is 5.32 Å². The summed E-state index contributed by atoms with van der Waals surface area (Å²) in [6.07, 6.45) is 1.20. The first-order valence-electron chi connectivity index (χ1n) is 7.73. The molecule has 0 heterocycles. The van der Waals surface area contributed by atoms with Crippen molar-refractivity contribution >= 4 is 5.91 Å². The number of hydrogen-bond acceptors (Lipinski definition) is 2. The van der Waals surface area contributed by atoms with Gasteiger partial charge in [0.2, 0.25) is 5.91 Å². The molecule has 122 valence electrons. The largest absolute Gasteiger partial charge is 0.384 e. The van der Waals surface area contributed by atoms with Gasteiger partial charge >= 0.3 is 0 Å². The van der Waals surface area contributed by atoms with Gasteiger partial charge in [-0.1, -0.05) is 43.3 Å². The number of amides is 1. The van der Waals surface area contributed by atoms with E-state index in [1.54, 1.807) is 6.92 Å². The lowest BCUT2D eigenvalue weighted by Gasteiger charge is -2.24. The van der Waals surface area contributed by atoms with Gasteiger partial charge in [0.15, 0.2) is 0 Å². The van der Waals surface area contributed by atoms with Gasteiger partial charge < -0.3 is 10.4 Å². The van der Waals surface area contributed by atoms with Crippen LogP contribution in [0.3, 0.4) is 0 Å².